The van der Waals surface area contributed by atoms with Crippen molar-refractivity contribution >= 4 is 37.5 Å². The van der Waals surface area contributed by atoms with E-state index in [9.17, 15) is 10.2 Å². The van der Waals surface area contributed by atoms with Gasteiger partial charge in [-0.05, 0) is 53.5 Å². The first kappa shape index (κ1) is 16.2. The number of nitrogens with zero attached hydrogens (tertiary/aromatic N) is 1. The van der Waals surface area contributed by atoms with Crippen molar-refractivity contribution in [2.75, 3.05) is 12.8 Å². The van der Waals surface area contributed by atoms with Crippen molar-refractivity contribution in [3.05, 3.63) is 26.6 Å². The first-order valence-corrected chi connectivity index (χ1v) is 8.25. The number of benzene rings is 1. The Morgan fingerprint density at radius 2 is 2.10 bits per heavy atom. The summed E-state index contributed by atoms with van der Waals surface area (Å²) in [5.41, 5.74) is 7.85. The number of hydrogen-bond donors (Lipinski definition) is 3. The summed E-state index contributed by atoms with van der Waals surface area (Å²) in [5, 5.41) is 19.6. The second-order valence-corrected chi connectivity index (χ2v) is 7.38. The van der Waals surface area contributed by atoms with Crippen LogP contribution in [0.4, 0.5) is 5.69 Å². The average molecular weight is 408 g/mol. The van der Waals surface area contributed by atoms with Crippen molar-refractivity contribution < 1.29 is 10.2 Å². The van der Waals surface area contributed by atoms with E-state index in [1.807, 2.05) is 19.2 Å². The van der Waals surface area contributed by atoms with E-state index in [2.05, 4.69) is 36.8 Å². The van der Waals surface area contributed by atoms with Crippen molar-refractivity contribution in [3.63, 3.8) is 0 Å². The molecule has 0 saturated heterocycles. The third-order valence-corrected chi connectivity index (χ3v) is 5.01. The lowest BCUT2D eigenvalue weighted by molar-refractivity contribution is -0.192. The van der Waals surface area contributed by atoms with Gasteiger partial charge in [0.1, 0.15) is 0 Å². The summed E-state index contributed by atoms with van der Waals surface area (Å²) in [5.74, 6) is -1.53. The molecule has 1 saturated carbocycles. The molecule has 1 fully saturated rings. The normalized spacial score (nSPS) is 22.2. The molecule has 0 amide bonds. The molecule has 1 atom stereocenters. The zero-order valence-electron chi connectivity index (χ0n) is 11.4. The Morgan fingerprint density at radius 3 is 2.75 bits per heavy atom. The molecule has 0 spiro atoms. The molecule has 4 nitrogen and oxygen atoms in total. The highest BCUT2D eigenvalue weighted by Crippen LogP contribution is 2.32. The Labute approximate surface area is 136 Å². The van der Waals surface area contributed by atoms with Gasteiger partial charge in [-0.25, -0.2) is 0 Å². The van der Waals surface area contributed by atoms with Crippen LogP contribution in [0.1, 0.15) is 31.2 Å². The molecule has 0 heterocycles. The van der Waals surface area contributed by atoms with Crippen LogP contribution < -0.4 is 5.73 Å². The molecule has 0 bridgehead atoms. The molecule has 6 heteroatoms. The lowest BCUT2D eigenvalue weighted by Crippen LogP contribution is -2.44. The first-order chi connectivity index (χ1) is 9.28. The van der Waals surface area contributed by atoms with Crippen LogP contribution in [-0.4, -0.2) is 34.0 Å². The van der Waals surface area contributed by atoms with Crippen molar-refractivity contribution in [1.29, 1.82) is 0 Å². The predicted octanol–water partition coefficient (Wildman–Crippen LogP) is 2.85. The molecule has 112 valence electrons. The van der Waals surface area contributed by atoms with E-state index in [-0.39, 0.29) is 6.04 Å². The van der Waals surface area contributed by atoms with Crippen LogP contribution in [-0.2, 0) is 6.54 Å². The molecule has 1 aromatic carbocycles. The zero-order valence-corrected chi connectivity index (χ0v) is 14.6. The number of halogens is 2. The van der Waals surface area contributed by atoms with Gasteiger partial charge in [0.15, 0.2) is 5.79 Å². The highest BCUT2D eigenvalue weighted by atomic mass is 79.9. The fourth-order valence-corrected chi connectivity index (χ4v) is 4.06. The maximum atomic E-state index is 9.79. The van der Waals surface area contributed by atoms with E-state index in [0.29, 0.717) is 19.4 Å². The van der Waals surface area contributed by atoms with E-state index in [1.54, 1.807) is 0 Å². The van der Waals surface area contributed by atoms with Crippen LogP contribution >= 0.6 is 31.9 Å². The van der Waals surface area contributed by atoms with E-state index in [0.717, 1.165) is 33.0 Å². The molecule has 2 rings (SSSR count). The minimum Gasteiger partial charge on any atom is -0.398 e. The van der Waals surface area contributed by atoms with Gasteiger partial charge in [0, 0.05) is 34.4 Å². The van der Waals surface area contributed by atoms with Crippen LogP contribution in [0, 0.1) is 0 Å². The predicted molar refractivity (Wildman–Crippen MR) is 87.1 cm³/mol. The van der Waals surface area contributed by atoms with Gasteiger partial charge in [-0.15, -0.1) is 0 Å². The fraction of sp³-hybridized carbons (Fsp3) is 0.571. The maximum Gasteiger partial charge on any atom is 0.163 e. The molecule has 1 aromatic rings. The van der Waals surface area contributed by atoms with Gasteiger partial charge in [0.2, 0.25) is 0 Å². The van der Waals surface area contributed by atoms with Crippen LogP contribution in [0.2, 0.25) is 0 Å². The molecule has 1 aliphatic rings. The Morgan fingerprint density at radius 1 is 1.40 bits per heavy atom. The SMILES string of the molecule is CN(Cc1cc(Br)cc(Br)c1N)C1CCCC(O)(O)C1. The summed E-state index contributed by atoms with van der Waals surface area (Å²) in [6.45, 7) is 0.685. The molecule has 0 aliphatic heterocycles. The molecule has 0 radical (unpaired) electrons. The van der Waals surface area contributed by atoms with Gasteiger partial charge < -0.3 is 15.9 Å². The Kier molecular flexibility index (Phi) is 5.13. The maximum absolute atomic E-state index is 9.79. The van der Waals surface area contributed by atoms with E-state index >= 15 is 0 Å². The number of hydrogen-bond acceptors (Lipinski definition) is 4. The van der Waals surface area contributed by atoms with Gasteiger partial charge >= 0.3 is 0 Å². The topological polar surface area (TPSA) is 69.7 Å². The standard InChI is InChI=1S/C14H20Br2N2O2/c1-18(11-3-2-4-14(19,20)7-11)8-9-5-10(15)6-12(16)13(9)17/h5-6,11,19-20H,2-4,7-8,17H2,1H3. The summed E-state index contributed by atoms with van der Waals surface area (Å²) in [6, 6.07) is 4.09. The van der Waals surface area contributed by atoms with Crippen LogP contribution in [0.3, 0.4) is 0 Å². The number of nitrogen functional groups attached to an aromatic ring is 1. The summed E-state index contributed by atoms with van der Waals surface area (Å²) in [6.07, 6.45) is 2.66. The summed E-state index contributed by atoms with van der Waals surface area (Å²) < 4.78 is 1.85. The summed E-state index contributed by atoms with van der Waals surface area (Å²) >= 11 is 6.91. The van der Waals surface area contributed by atoms with Crippen LogP contribution in [0.25, 0.3) is 0 Å². The number of rotatable bonds is 3. The average Bonchev–Trinajstić information content (AvgIpc) is 2.34. The van der Waals surface area contributed by atoms with Gasteiger partial charge in [-0.1, -0.05) is 15.9 Å². The second kappa shape index (κ2) is 6.32. The summed E-state index contributed by atoms with van der Waals surface area (Å²) in [7, 11) is 2.00. The van der Waals surface area contributed by atoms with E-state index < -0.39 is 5.79 Å². The molecule has 4 N–H and O–H groups in total. The highest BCUT2D eigenvalue weighted by molar-refractivity contribution is 9.11. The fourth-order valence-electron chi connectivity index (χ4n) is 2.75. The summed E-state index contributed by atoms with van der Waals surface area (Å²) in [4.78, 5) is 2.14. The van der Waals surface area contributed by atoms with Crippen molar-refractivity contribution in [3.8, 4) is 0 Å². The molecular formula is C14H20Br2N2O2. The van der Waals surface area contributed by atoms with Crippen molar-refractivity contribution in [2.24, 2.45) is 0 Å². The Balaban J connectivity index is 2.10. The molecule has 0 aromatic heterocycles. The smallest absolute Gasteiger partial charge is 0.163 e. The van der Waals surface area contributed by atoms with Gasteiger partial charge in [0.05, 0.1) is 5.69 Å². The van der Waals surface area contributed by atoms with E-state index in [1.165, 1.54) is 0 Å². The zero-order chi connectivity index (χ0) is 14.9. The van der Waals surface area contributed by atoms with Gasteiger partial charge in [-0.2, -0.15) is 0 Å². The molecule has 1 unspecified atom stereocenters. The second-order valence-electron chi connectivity index (χ2n) is 5.61. The first-order valence-electron chi connectivity index (χ1n) is 6.67. The third-order valence-electron chi connectivity index (χ3n) is 3.90. The van der Waals surface area contributed by atoms with Crippen molar-refractivity contribution in [2.45, 2.75) is 44.1 Å². The quantitative estimate of drug-likeness (QED) is 0.532. The van der Waals surface area contributed by atoms with Gasteiger partial charge in [-0.3, -0.25) is 4.90 Å². The highest BCUT2D eigenvalue weighted by Gasteiger charge is 2.33. The van der Waals surface area contributed by atoms with Gasteiger partial charge in [0.25, 0.3) is 0 Å². The van der Waals surface area contributed by atoms with E-state index in [4.69, 9.17) is 5.73 Å². The number of aliphatic hydroxyl groups is 2. The molecule has 1 aliphatic carbocycles. The molecule has 20 heavy (non-hydrogen) atoms. The number of nitrogens with two attached hydrogens (primary N) is 1. The monoisotopic (exact) mass is 406 g/mol. The van der Waals surface area contributed by atoms with Crippen molar-refractivity contribution in [1.82, 2.24) is 4.90 Å². The third kappa shape index (κ3) is 3.95. The Hall–Kier alpha value is -0.140. The largest absolute Gasteiger partial charge is 0.398 e. The Bertz CT molecular complexity index is 494. The minimum absolute atomic E-state index is 0.163. The molecular weight excluding hydrogens is 388 g/mol. The lowest BCUT2D eigenvalue weighted by atomic mass is 9.89. The minimum atomic E-state index is -1.53. The lowest BCUT2D eigenvalue weighted by Gasteiger charge is -2.37. The van der Waals surface area contributed by atoms with Crippen LogP contribution in [0.15, 0.2) is 21.1 Å². The van der Waals surface area contributed by atoms with Crippen LogP contribution in [0.5, 0.6) is 0 Å². The number of anilines is 1.